The molecule has 0 aromatic carbocycles. The maximum Gasteiger partial charge on any atom is 0.125 e. The molecule has 13 heavy (non-hydrogen) atoms. The zero-order valence-electron chi connectivity index (χ0n) is 7.80. The molecule has 1 aromatic heterocycles. The van der Waals surface area contributed by atoms with E-state index in [2.05, 4.69) is 15.3 Å². The van der Waals surface area contributed by atoms with Gasteiger partial charge in [0.1, 0.15) is 5.82 Å². The minimum absolute atomic E-state index is 0.520. The fraction of sp³-hybridized carbons (Fsp3) is 0.556. The number of nitrogens with zero attached hydrogens (tertiary/aromatic N) is 2. The van der Waals surface area contributed by atoms with Crippen molar-refractivity contribution in [3.8, 4) is 0 Å². The maximum atomic E-state index is 5.63. The second-order valence-corrected chi connectivity index (χ2v) is 3.27. The highest BCUT2D eigenvalue weighted by Gasteiger charge is 2.14. The molecule has 0 fully saturated rings. The minimum Gasteiger partial charge on any atom is -0.325 e. The van der Waals surface area contributed by atoms with Crippen molar-refractivity contribution in [3.05, 3.63) is 22.8 Å². The third-order valence-electron chi connectivity index (χ3n) is 2.33. The van der Waals surface area contributed by atoms with Crippen molar-refractivity contribution in [2.45, 2.75) is 26.4 Å². The average Bonchev–Trinajstić information content (AvgIpc) is 2.16. The van der Waals surface area contributed by atoms with Gasteiger partial charge in [0.2, 0.25) is 0 Å². The Bertz CT molecular complexity index is 304. The molecule has 0 saturated carbocycles. The Morgan fingerprint density at radius 3 is 3.08 bits per heavy atom. The molecule has 2 rings (SSSR count). The van der Waals surface area contributed by atoms with Crippen LogP contribution >= 0.6 is 0 Å². The topological polar surface area (TPSA) is 63.8 Å². The second kappa shape index (κ2) is 3.40. The average molecular weight is 178 g/mol. The molecular weight excluding hydrogens is 164 g/mol. The highest BCUT2D eigenvalue weighted by Crippen LogP contribution is 2.14. The summed E-state index contributed by atoms with van der Waals surface area (Å²) in [5.74, 6) is 0.822. The molecule has 70 valence electrons. The van der Waals surface area contributed by atoms with E-state index in [1.54, 1.807) is 0 Å². The minimum atomic E-state index is 0.520. The SMILES string of the molecule is Cc1nc(CN)c2c(n1)CNCC2. The van der Waals surface area contributed by atoms with Crippen LogP contribution in [0.4, 0.5) is 0 Å². The summed E-state index contributed by atoms with van der Waals surface area (Å²) >= 11 is 0. The lowest BCUT2D eigenvalue weighted by Crippen LogP contribution is -2.27. The van der Waals surface area contributed by atoms with E-state index < -0.39 is 0 Å². The van der Waals surface area contributed by atoms with Crippen LogP contribution in [-0.4, -0.2) is 16.5 Å². The van der Waals surface area contributed by atoms with Gasteiger partial charge in [-0.25, -0.2) is 9.97 Å². The quantitative estimate of drug-likeness (QED) is 0.630. The molecule has 4 nitrogen and oxygen atoms in total. The third kappa shape index (κ3) is 1.55. The molecule has 2 heterocycles. The first-order valence-corrected chi connectivity index (χ1v) is 4.57. The molecule has 0 amide bonds. The van der Waals surface area contributed by atoms with E-state index >= 15 is 0 Å². The predicted octanol–water partition coefficient (Wildman–Crippen LogP) is -0.111. The molecule has 3 N–H and O–H groups in total. The lowest BCUT2D eigenvalue weighted by atomic mass is 10.0. The zero-order valence-corrected chi connectivity index (χ0v) is 7.80. The van der Waals surface area contributed by atoms with Gasteiger partial charge in [-0.1, -0.05) is 0 Å². The van der Waals surface area contributed by atoms with Gasteiger partial charge in [-0.05, 0) is 25.5 Å². The number of hydrogen-bond donors (Lipinski definition) is 2. The molecule has 0 aliphatic carbocycles. The van der Waals surface area contributed by atoms with Gasteiger partial charge in [0, 0.05) is 13.1 Å². The van der Waals surface area contributed by atoms with Gasteiger partial charge >= 0.3 is 0 Å². The van der Waals surface area contributed by atoms with Crippen LogP contribution in [0.2, 0.25) is 0 Å². The van der Waals surface area contributed by atoms with E-state index in [-0.39, 0.29) is 0 Å². The molecule has 0 radical (unpaired) electrons. The lowest BCUT2D eigenvalue weighted by Gasteiger charge is -2.18. The van der Waals surface area contributed by atoms with E-state index in [9.17, 15) is 0 Å². The number of aromatic nitrogens is 2. The summed E-state index contributed by atoms with van der Waals surface area (Å²) in [5.41, 5.74) is 9.03. The summed E-state index contributed by atoms with van der Waals surface area (Å²) in [7, 11) is 0. The summed E-state index contributed by atoms with van der Waals surface area (Å²) < 4.78 is 0. The molecule has 1 aliphatic heterocycles. The van der Waals surface area contributed by atoms with Crippen LogP contribution in [0.25, 0.3) is 0 Å². The van der Waals surface area contributed by atoms with Gasteiger partial charge in [0.15, 0.2) is 0 Å². The van der Waals surface area contributed by atoms with Gasteiger partial charge < -0.3 is 11.1 Å². The van der Waals surface area contributed by atoms with E-state index in [0.717, 1.165) is 36.7 Å². The summed E-state index contributed by atoms with van der Waals surface area (Å²) in [4.78, 5) is 8.73. The van der Waals surface area contributed by atoms with Crippen LogP contribution in [-0.2, 0) is 19.5 Å². The predicted molar refractivity (Wildman–Crippen MR) is 50.1 cm³/mol. The van der Waals surface area contributed by atoms with Crippen LogP contribution in [0.15, 0.2) is 0 Å². The Labute approximate surface area is 77.6 Å². The van der Waals surface area contributed by atoms with E-state index in [1.165, 1.54) is 5.56 Å². The highest BCUT2D eigenvalue weighted by molar-refractivity contribution is 5.28. The van der Waals surface area contributed by atoms with Crippen molar-refractivity contribution < 1.29 is 0 Å². The first-order valence-electron chi connectivity index (χ1n) is 4.57. The molecule has 1 aliphatic rings. The third-order valence-corrected chi connectivity index (χ3v) is 2.33. The standard InChI is InChI=1S/C9H14N4/c1-6-12-8(4-10)7-2-3-11-5-9(7)13-6/h11H,2-5,10H2,1H3. The summed E-state index contributed by atoms with van der Waals surface area (Å²) in [5, 5.41) is 3.29. The summed E-state index contributed by atoms with van der Waals surface area (Å²) in [6.45, 7) is 4.29. The number of rotatable bonds is 1. The van der Waals surface area contributed by atoms with Crippen LogP contribution < -0.4 is 11.1 Å². The van der Waals surface area contributed by atoms with E-state index in [1.807, 2.05) is 6.92 Å². The van der Waals surface area contributed by atoms with E-state index in [0.29, 0.717) is 6.54 Å². The molecule has 0 bridgehead atoms. The van der Waals surface area contributed by atoms with Crippen molar-refractivity contribution in [1.29, 1.82) is 0 Å². The molecule has 0 atom stereocenters. The van der Waals surface area contributed by atoms with Crippen LogP contribution in [0, 0.1) is 6.92 Å². The molecular formula is C9H14N4. The second-order valence-electron chi connectivity index (χ2n) is 3.27. The Kier molecular flexibility index (Phi) is 2.24. The highest BCUT2D eigenvalue weighted by atomic mass is 15.0. The molecule has 1 aromatic rings. The maximum absolute atomic E-state index is 5.63. The smallest absolute Gasteiger partial charge is 0.125 e. The van der Waals surface area contributed by atoms with Gasteiger partial charge in [-0.2, -0.15) is 0 Å². The van der Waals surface area contributed by atoms with Crippen molar-refractivity contribution in [2.24, 2.45) is 5.73 Å². The van der Waals surface area contributed by atoms with Gasteiger partial charge in [0.25, 0.3) is 0 Å². The number of hydrogen-bond acceptors (Lipinski definition) is 4. The van der Waals surface area contributed by atoms with Crippen LogP contribution in [0.1, 0.15) is 22.8 Å². The van der Waals surface area contributed by atoms with Crippen molar-refractivity contribution in [2.75, 3.05) is 6.54 Å². The number of aryl methyl sites for hydroxylation is 1. The summed E-state index contributed by atoms with van der Waals surface area (Å²) in [6, 6.07) is 0. The molecule has 0 spiro atoms. The van der Waals surface area contributed by atoms with Crippen molar-refractivity contribution in [1.82, 2.24) is 15.3 Å². The van der Waals surface area contributed by atoms with Crippen LogP contribution in [0.5, 0.6) is 0 Å². The Hall–Kier alpha value is -1.00. The molecule has 0 unspecified atom stereocenters. The van der Waals surface area contributed by atoms with Gasteiger partial charge in [-0.3, -0.25) is 0 Å². The normalized spacial score (nSPS) is 15.5. The largest absolute Gasteiger partial charge is 0.325 e. The van der Waals surface area contributed by atoms with Crippen molar-refractivity contribution in [3.63, 3.8) is 0 Å². The molecule has 4 heteroatoms. The molecule has 0 saturated heterocycles. The van der Waals surface area contributed by atoms with Gasteiger partial charge in [0.05, 0.1) is 11.4 Å². The van der Waals surface area contributed by atoms with Gasteiger partial charge in [-0.15, -0.1) is 0 Å². The first-order chi connectivity index (χ1) is 6.31. The van der Waals surface area contributed by atoms with Crippen molar-refractivity contribution >= 4 is 0 Å². The number of fused-ring (bicyclic) bond motifs is 1. The zero-order chi connectivity index (χ0) is 9.26. The monoisotopic (exact) mass is 178 g/mol. The summed E-state index contributed by atoms with van der Waals surface area (Å²) in [6.07, 6.45) is 1.00. The first kappa shape index (κ1) is 8.59. The van der Waals surface area contributed by atoms with E-state index in [4.69, 9.17) is 5.73 Å². The Balaban J connectivity index is 2.50. The number of nitrogens with two attached hydrogens (primary N) is 1. The van der Waals surface area contributed by atoms with Crippen LogP contribution in [0.3, 0.4) is 0 Å². The number of nitrogens with one attached hydrogen (secondary N) is 1. The fourth-order valence-corrected chi connectivity index (χ4v) is 1.74. The Morgan fingerprint density at radius 1 is 1.46 bits per heavy atom. The lowest BCUT2D eigenvalue weighted by molar-refractivity contribution is 0.611. The fourth-order valence-electron chi connectivity index (χ4n) is 1.74. The Morgan fingerprint density at radius 2 is 2.31 bits per heavy atom.